The van der Waals surface area contributed by atoms with Crippen LogP contribution < -0.4 is 5.73 Å². The van der Waals surface area contributed by atoms with E-state index in [-0.39, 0.29) is 0 Å². The van der Waals surface area contributed by atoms with E-state index in [9.17, 15) is 8.78 Å². The van der Waals surface area contributed by atoms with E-state index >= 15 is 0 Å². The van der Waals surface area contributed by atoms with Crippen molar-refractivity contribution < 1.29 is 13.9 Å². The Morgan fingerprint density at radius 3 is 2.50 bits per heavy atom. The van der Waals surface area contributed by atoms with Gasteiger partial charge in [0, 0.05) is 3.57 Å². The minimum atomic E-state index is -3.28. The highest BCUT2D eigenvalue weighted by Gasteiger charge is 2.37. The highest BCUT2D eigenvalue weighted by atomic mass is 127. The Morgan fingerprint density at radius 1 is 1.43 bits per heavy atom. The third kappa shape index (κ3) is 2.40. The smallest absolute Gasteiger partial charge is 0.289 e. The molecule has 0 fully saturated rings. The standard InChI is InChI=1S/C9H10F2INO/c10-9(11,5-14)8(13)6-3-1-2-4-7(6)12/h1-4,8,14H,5,13H2/t8-/m1/s1. The minimum Gasteiger partial charge on any atom is -0.390 e. The highest BCUT2D eigenvalue weighted by molar-refractivity contribution is 14.1. The number of hydrogen-bond donors (Lipinski definition) is 2. The Bertz CT molecular complexity index is 319. The summed E-state index contributed by atoms with van der Waals surface area (Å²) >= 11 is 1.94. The van der Waals surface area contributed by atoms with Crippen molar-refractivity contribution in [3.8, 4) is 0 Å². The molecule has 2 nitrogen and oxygen atoms in total. The Hall–Kier alpha value is -0.270. The molecule has 0 aliphatic rings. The normalized spacial score (nSPS) is 14.1. The average Bonchev–Trinajstić information content (AvgIpc) is 2.17. The molecule has 5 heteroatoms. The van der Waals surface area contributed by atoms with Crippen LogP contribution in [0.1, 0.15) is 11.6 Å². The van der Waals surface area contributed by atoms with Gasteiger partial charge in [-0.2, -0.15) is 0 Å². The third-order valence-corrected chi connectivity index (χ3v) is 2.89. The second-order valence-corrected chi connectivity index (χ2v) is 4.08. The molecule has 78 valence electrons. The molecule has 3 N–H and O–H groups in total. The van der Waals surface area contributed by atoms with Crippen LogP contribution in [0.3, 0.4) is 0 Å². The summed E-state index contributed by atoms with van der Waals surface area (Å²) in [5, 5.41) is 8.48. The van der Waals surface area contributed by atoms with E-state index in [2.05, 4.69) is 0 Å². The van der Waals surface area contributed by atoms with E-state index in [4.69, 9.17) is 10.8 Å². The first-order chi connectivity index (χ1) is 6.49. The van der Waals surface area contributed by atoms with Crippen LogP contribution in [0.2, 0.25) is 0 Å². The van der Waals surface area contributed by atoms with Gasteiger partial charge in [-0.05, 0) is 34.2 Å². The van der Waals surface area contributed by atoms with Gasteiger partial charge in [0.25, 0.3) is 5.92 Å². The van der Waals surface area contributed by atoms with Gasteiger partial charge in [0.2, 0.25) is 0 Å². The van der Waals surface area contributed by atoms with Crippen LogP contribution >= 0.6 is 22.6 Å². The lowest BCUT2D eigenvalue weighted by molar-refractivity contribution is -0.0713. The maximum absolute atomic E-state index is 13.0. The fraction of sp³-hybridized carbons (Fsp3) is 0.333. The van der Waals surface area contributed by atoms with Gasteiger partial charge in [-0.3, -0.25) is 0 Å². The third-order valence-electron chi connectivity index (χ3n) is 1.91. The van der Waals surface area contributed by atoms with Crippen molar-refractivity contribution in [3.63, 3.8) is 0 Å². The predicted molar refractivity (Wildman–Crippen MR) is 58.1 cm³/mol. The van der Waals surface area contributed by atoms with Crippen LogP contribution in [0.5, 0.6) is 0 Å². The van der Waals surface area contributed by atoms with Crippen molar-refractivity contribution in [1.29, 1.82) is 0 Å². The first kappa shape index (κ1) is 11.8. The summed E-state index contributed by atoms with van der Waals surface area (Å²) in [6, 6.07) is 5.17. The molecule has 1 aromatic carbocycles. The van der Waals surface area contributed by atoms with Gasteiger partial charge in [0.15, 0.2) is 0 Å². The Kier molecular flexibility index (Phi) is 3.79. The van der Waals surface area contributed by atoms with Crippen LogP contribution in [-0.2, 0) is 0 Å². The maximum atomic E-state index is 13.0. The van der Waals surface area contributed by atoms with Crippen molar-refractivity contribution in [2.45, 2.75) is 12.0 Å². The molecule has 0 aliphatic carbocycles. The lowest BCUT2D eigenvalue weighted by atomic mass is 10.0. The molecule has 14 heavy (non-hydrogen) atoms. The van der Waals surface area contributed by atoms with Crippen LogP contribution in [-0.4, -0.2) is 17.6 Å². The Balaban J connectivity index is 3.00. The summed E-state index contributed by atoms with van der Waals surface area (Å²) in [6.07, 6.45) is 0. The van der Waals surface area contributed by atoms with E-state index in [1.807, 2.05) is 22.6 Å². The Morgan fingerprint density at radius 2 is 2.00 bits per heavy atom. The fourth-order valence-electron chi connectivity index (χ4n) is 1.05. The van der Waals surface area contributed by atoms with Crippen LogP contribution in [0.15, 0.2) is 24.3 Å². The number of hydrogen-bond acceptors (Lipinski definition) is 2. The van der Waals surface area contributed by atoms with Crippen LogP contribution in [0.25, 0.3) is 0 Å². The zero-order valence-electron chi connectivity index (χ0n) is 7.25. The summed E-state index contributed by atoms with van der Waals surface area (Å²) in [6.45, 7) is -1.24. The van der Waals surface area contributed by atoms with Crippen molar-refractivity contribution in [2.75, 3.05) is 6.61 Å². The SMILES string of the molecule is N[C@H](c1ccccc1I)C(F)(F)CO. The molecule has 0 bridgehead atoms. The van der Waals surface area contributed by atoms with E-state index < -0.39 is 18.6 Å². The molecule has 0 spiro atoms. The van der Waals surface area contributed by atoms with E-state index in [1.165, 1.54) is 6.07 Å². The molecule has 0 amide bonds. The second kappa shape index (κ2) is 4.50. The van der Waals surface area contributed by atoms with Gasteiger partial charge < -0.3 is 10.8 Å². The minimum absolute atomic E-state index is 0.354. The van der Waals surface area contributed by atoms with E-state index in [0.717, 1.165) is 0 Å². The maximum Gasteiger partial charge on any atom is 0.289 e. The number of benzene rings is 1. The van der Waals surface area contributed by atoms with E-state index in [0.29, 0.717) is 9.13 Å². The summed E-state index contributed by atoms with van der Waals surface area (Å²) in [5.41, 5.74) is 5.72. The summed E-state index contributed by atoms with van der Waals surface area (Å²) < 4.78 is 26.7. The summed E-state index contributed by atoms with van der Waals surface area (Å²) in [7, 11) is 0. The lowest BCUT2D eigenvalue weighted by Crippen LogP contribution is -2.36. The quantitative estimate of drug-likeness (QED) is 0.838. The van der Waals surface area contributed by atoms with Crippen LogP contribution in [0, 0.1) is 3.57 Å². The first-order valence-corrected chi connectivity index (χ1v) is 5.05. The van der Waals surface area contributed by atoms with Crippen molar-refractivity contribution in [2.24, 2.45) is 5.73 Å². The molecule has 0 saturated heterocycles. The predicted octanol–water partition coefficient (Wildman–Crippen LogP) is 1.92. The van der Waals surface area contributed by atoms with E-state index in [1.54, 1.807) is 18.2 Å². The fourth-order valence-corrected chi connectivity index (χ4v) is 1.78. The van der Waals surface area contributed by atoms with Crippen molar-refractivity contribution >= 4 is 22.6 Å². The van der Waals surface area contributed by atoms with Crippen LogP contribution in [0.4, 0.5) is 8.78 Å². The topological polar surface area (TPSA) is 46.2 Å². The first-order valence-electron chi connectivity index (χ1n) is 3.97. The molecule has 1 atom stereocenters. The Labute approximate surface area is 94.3 Å². The van der Waals surface area contributed by atoms with Crippen molar-refractivity contribution in [1.82, 2.24) is 0 Å². The van der Waals surface area contributed by atoms with Gasteiger partial charge in [0.05, 0.1) is 6.04 Å². The zero-order valence-corrected chi connectivity index (χ0v) is 9.41. The zero-order chi connectivity index (χ0) is 10.8. The van der Waals surface area contributed by atoms with Gasteiger partial charge in [0.1, 0.15) is 6.61 Å². The lowest BCUT2D eigenvalue weighted by Gasteiger charge is -2.22. The molecule has 0 aliphatic heterocycles. The molecular formula is C9H10F2INO. The molecule has 0 heterocycles. The number of nitrogens with two attached hydrogens (primary N) is 1. The summed E-state index contributed by atoms with van der Waals surface area (Å²) in [4.78, 5) is 0. The van der Waals surface area contributed by atoms with Gasteiger partial charge in [-0.15, -0.1) is 0 Å². The summed E-state index contributed by atoms with van der Waals surface area (Å²) in [5.74, 6) is -3.28. The highest BCUT2D eigenvalue weighted by Crippen LogP contribution is 2.30. The number of aliphatic hydroxyl groups is 1. The number of alkyl halides is 2. The largest absolute Gasteiger partial charge is 0.390 e. The molecule has 1 aromatic rings. The van der Waals surface area contributed by atoms with Crippen molar-refractivity contribution in [3.05, 3.63) is 33.4 Å². The molecule has 0 saturated carbocycles. The number of aliphatic hydroxyl groups excluding tert-OH is 1. The monoisotopic (exact) mass is 313 g/mol. The average molecular weight is 313 g/mol. The van der Waals surface area contributed by atoms with Gasteiger partial charge in [-0.1, -0.05) is 18.2 Å². The molecule has 1 rings (SSSR count). The molecule has 0 radical (unpaired) electrons. The number of halogens is 3. The molecular weight excluding hydrogens is 303 g/mol. The number of rotatable bonds is 3. The second-order valence-electron chi connectivity index (χ2n) is 2.92. The van der Waals surface area contributed by atoms with Gasteiger partial charge in [-0.25, -0.2) is 8.78 Å². The molecule has 0 aromatic heterocycles. The van der Waals surface area contributed by atoms with Gasteiger partial charge >= 0.3 is 0 Å². The molecule has 0 unspecified atom stereocenters.